The molecular weight excluding hydrogens is 450 g/mol. The summed E-state index contributed by atoms with van der Waals surface area (Å²) in [5.41, 5.74) is 9.67. The third-order valence-electron chi connectivity index (χ3n) is 6.71. The lowest BCUT2D eigenvalue weighted by molar-refractivity contribution is 0.539. The minimum Gasteiger partial charge on any atom is -0.280 e. The number of rotatable bonds is 4. The largest absolute Gasteiger partial charge is 0.280 e. The van der Waals surface area contributed by atoms with Crippen LogP contribution in [0.1, 0.15) is 26.6 Å². The van der Waals surface area contributed by atoms with Gasteiger partial charge in [-0.2, -0.15) is 0 Å². The molecule has 3 nitrogen and oxygen atoms in total. The van der Waals surface area contributed by atoms with Gasteiger partial charge in [-0.1, -0.05) is 112 Å². The Hall–Kier alpha value is -4.50. The third kappa shape index (κ3) is 4.34. The van der Waals surface area contributed by atoms with Crippen molar-refractivity contribution in [1.82, 2.24) is 14.5 Å². The Kier molecular flexibility index (Phi) is 5.69. The van der Waals surface area contributed by atoms with Crippen LogP contribution in [0.4, 0.5) is 0 Å². The highest BCUT2D eigenvalue weighted by Gasteiger charge is 2.26. The first-order valence-electron chi connectivity index (χ1n) is 12.7. The van der Waals surface area contributed by atoms with E-state index in [9.17, 15) is 0 Å². The molecule has 4 aromatic carbocycles. The summed E-state index contributed by atoms with van der Waals surface area (Å²) in [4.78, 5) is 10.1. The molecule has 0 aliphatic carbocycles. The maximum Gasteiger partial charge on any atom is 0.165 e. The van der Waals surface area contributed by atoms with E-state index in [1.165, 1.54) is 22.3 Å². The van der Waals surface area contributed by atoms with E-state index in [4.69, 9.17) is 9.97 Å². The van der Waals surface area contributed by atoms with Crippen LogP contribution in [0, 0.1) is 0 Å². The third-order valence-corrected chi connectivity index (χ3v) is 6.71. The van der Waals surface area contributed by atoms with Gasteiger partial charge >= 0.3 is 0 Å². The van der Waals surface area contributed by atoms with Gasteiger partial charge in [0.2, 0.25) is 0 Å². The maximum atomic E-state index is 5.24. The van der Waals surface area contributed by atoms with E-state index in [-0.39, 0.29) is 5.41 Å². The van der Waals surface area contributed by atoms with Crippen LogP contribution in [0.25, 0.3) is 50.2 Å². The Labute approximate surface area is 218 Å². The number of hydrogen-bond donors (Lipinski definition) is 0. The van der Waals surface area contributed by atoms with Crippen molar-refractivity contribution >= 4 is 11.2 Å². The molecule has 180 valence electrons. The van der Waals surface area contributed by atoms with Crippen LogP contribution < -0.4 is 0 Å². The van der Waals surface area contributed by atoms with E-state index < -0.39 is 0 Å². The molecular formula is C34H29N3. The Morgan fingerprint density at radius 1 is 0.568 bits per heavy atom. The van der Waals surface area contributed by atoms with Gasteiger partial charge in [0, 0.05) is 22.9 Å². The smallest absolute Gasteiger partial charge is 0.165 e. The number of aromatic nitrogens is 3. The topological polar surface area (TPSA) is 30.7 Å². The number of fused-ring (bicyclic) bond motifs is 1. The lowest BCUT2D eigenvalue weighted by Gasteiger charge is -2.20. The molecule has 6 rings (SSSR count). The second-order valence-electron chi connectivity index (χ2n) is 10.4. The molecule has 0 N–H and O–H groups in total. The molecule has 0 aliphatic heterocycles. The van der Waals surface area contributed by atoms with Gasteiger partial charge in [-0.3, -0.25) is 4.57 Å². The second-order valence-corrected chi connectivity index (χ2v) is 10.4. The van der Waals surface area contributed by atoms with Crippen molar-refractivity contribution in [2.45, 2.75) is 26.2 Å². The van der Waals surface area contributed by atoms with Crippen LogP contribution in [0.2, 0.25) is 0 Å². The molecule has 3 heteroatoms. The fourth-order valence-corrected chi connectivity index (χ4v) is 4.91. The van der Waals surface area contributed by atoms with E-state index in [0.29, 0.717) is 0 Å². The van der Waals surface area contributed by atoms with Gasteiger partial charge in [0.1, 0.15) is 11.3 Å². The first-order chi connectivity index (χ1) is 18.0. The van der Waals surface area contributed by atoms with Crippen LogP contribution in [-0.2, 0) is 5.41 Å². The number of benzene rings is 4. The predicted octanol–water partition coefficient (Wildman–Crippen LogP) is 8.72. The van der Waals surface area contributed by atoms with E-state index in [1.807, 2.05) is 18.3 Å². The number of hydrogen-bond acceptors (Lipinski definition) is 2. The van der Waals surface area contributed by atoms with Gasteiger partial charge in [-0.05, 0) is 52.1 Å². The molecule has 2 heterocycles. The summed E-state index contributed by atoms with van der Waals surface area (Å²) in [5, 5.41) is 0. The van der Waals surface area contributed by atoms with Gasteiger partial charge in [0.25, 0.3) is 0 Å². The van der Waals surface area contributed by atoms with E-state index in [2.05, 4.69) is 128 Å². The maximum absolute atomic E-state index is 5.24. The fourth-order valence-electron chi connectivity index (χ4n) is 4.91. The minimum absolute atomic E-state index is 0.174. The van der Waals surface area contributed by atoms with Crippen molar-refractivity contribution in [2.75, 3.05) is 0 Å². The highest BCUT2D eigenvalue weighted by Crippen LogP contribution is 2.35. The predicted molar refractivity (Wildman–Crippen MR) is 154 cm³/mol. The molecule has 0 spiro atoms. The highest BCUT2D eigenvalue weighted by atomic mass is 15.1. The Morgan fingerprint density at radius 3 is 1.78 bits per heavy atom. The van der Waals surface area contributed by atoms with Crippen molar-refractivity contribution in [3.8, 4) is 39.1 Å². The minimum atomic E-state index is -0.174. The molecule has 0 atom stereocenters. The zero-order valence-corrected chi connectivity index (χ0v) is 21.4. The molecule has 6 aromatic rings. The summed E-state index contributed by atoms with van der Waals surface area (Å²) < 4.78 is 2.23. The zero-order valence-electron chi connectivity index (χ0n) is 21.4. The number of pyridine rings is 1. The summed E-state index contributed by atoms with van der Waals surface area (Å²) in [6.07, 6.45) is 1.90. The van der Waals surface area contributed by atoms with E-state index >= 15 is 0 Å². The SMILES string of the molecule is CC(C)(C)c1nc2c(-c3cccc(-c4ccccc4)c3)ccnc2n1-c1cccc(-c2ccccc2)c1. The molecule has 0 radical (unpaired) electrons. The Bertz CT molecular complexity index is 1690. The Morgan fingerprint density at radius 2 is 1.14 bits per heavy atom. The van der Waals surface area contributed by atoms with Gasteiger partial charge in [0.05, 0.1) is 0 Å². The second kappa shape index (κ2) is 9.18. The van der Waals surface area contributed by atoms with E-state index in [0.717, 1.165) is 33.8 Å². The molecule has 0 unspecified atom stereocenters. The van der Waals surface area contributed by atoms with Crippen molar-refractivity contribution in [3.63, 3.8) is 0 Å². The van der Waals surface area contributed by atoms with Crippen molar-refractivity contribution < 1.29 is 0 Å². The summed E-state index contributed by atoms with van der Waals surface area (Å²) >= 11 is 0. The van der Waals surface area contributed by atoms with Crippen molar-refractivity contribution in [2.24, 2.45) is 0 Å². The lowest BCUT2D eigenvalue weighted by Crippen LogP contribution is -2.18. The standard InChI is InChI=1S/C34H29N3/c1-34(2,3)33-36-31-30(28-18-10-16-26(22-28)24-12-6-4-7-13-24)20-21-35-32(31)37(33)29-19-11-17-27(23-29)25-14-8-5-9-15-25/h4-23H,1-3H3. The monoisotopic (exact) mass is 479 g/mol. The summed E-state index contributed by atoms with van der Waals surface area (Å²) in [7, 11) is 0. The zero-order chi connectivity index (χ0) is 25.4. The van der Waals surface area contributed by atoms with Crippen molar-refractivity contribution in [1.29, 1.82) is 0 Å². The van der Waals surface area contributed by atoms with Crippen LogP contribution in [0.15, 0.2) is 121 Å². The lowest BCUT2D eigenvalue weighted by atomic mass is 9.95. The molecule has 0 bridgehead atoms. The van der Waals surface area contributed by atoms with Gasteiger partial charge < -0.3 is 0 Å². The summed E-state index contributed by atoms with van der Waals surface area (Å²) in [6, 6.07) is 40.4. The first-order valence-corrected chi connectivity index (χ1v) is 12.7. The molecule has 0 fully saturated rings. The molecule has 0 saturated carbocycles. The normalized spacial score (nSPS) is 11.6. The van der Waals surface area contributed by atoms with Gasteiger partial charge in [-0.25, -0.2) is 9.97 Å². The van der Waals surface area contributed by atoms with Gasteiger partial charge in [0.15, 0.2) is 5.65 Å². The molecule has 0 amide bonds. The molecule has 37 heavy (non-hydrogen) atoms. The van der Waals surface area contributed by atoms with Crippen LogP contribution in [-0.4, -0.2) is 14.5 Å². The molecule has 0 saturated heterocycles. The van der Waals surface area contributed by atoms with Gasteiger partial charge in [-0.15, -0.1) is 0 Å². The number of imidazole rings is 1. The average Bonchev–Trinajstić information content (AvgIpc) is 3.35. The fraction of sp³-hybridized carbons (Fsp3) is 0.118. The summed E-state index contributed by atoms with van der Waals surface area (Å²) in [5.74, 6) is 0.992. The molecule has 0 aliphatic rings. The highest BCUT2D eigenvalue weighted by molar-refractivity contribution is 5.92. The van der Waals surface area contributed by atoms with E-state index in [1.54, 1.807) is 0 Å². The quantitative estimate of drug-likeness (QED) is 0.253. The first kappa shape index (κ1) is 22.9. The Balaban J connectivity index is 1.55. The average molecular weight is 480 g/mol. The van der Waals surface area contributed by atoms with Crippen LogP contribution in [0.5, 0.6) is 0 Å². The number of nitrogens with zero attached hydrogens (tertiary/aromatic N) is 3. The summed E-state index contributed by atoms with van der Waals surface area (Å²) in [6.45, 7) is 6.63. The van der Waals surface area contributed by atoms with Crippen LogP contribution >= 0.6 is 0 Å². The molecule has 2 aromatic heterocycles. The van der Waals surface area contributed by atoms with Crippen molar-refractivity contribution in [3.05, 3.63) is 127 Å². The van der Waals surface area contributed by atoms with Crippen LogP contribution in [0.3, 0.4) is 0 Å².